The fourth-order valence-electron chi connectivity index (χ4n) is 2.03. The maximum absolute atomic E-state index is 5.91. The maximum atomic E-state index is 5.91. The highest BCUT2D eigenvalue weighted by molar-refractivity contribution is 5.61. The van der Waals surface area contributed by atoms with Crippen molar-refractivity contribution in [1.82, 2.24) is 0 Å². The van der Waals surface area contributed by atoms with Gasteiger partial charge in [-0.2, -0.15) is 0 Å². The second kappa shape index (κ2) is 7.43. The first kappa shape index (κ1) is 15.0. The zero-order valence-electron chi connectivity index (χ0n) is 12.6. The first-order valence-corrected chi connectivity index (χ1v) is 7.12. The summed E-state index contributed by atoms with van der Waals surface area (Å²) in [6.07, 6.45) is 0.957. The van der Waals surface area contributed by atoms with E-state index >= 15 is 0 Å². The van der Waals surface area contributed by atoms with Gasteiger partial charge in [0.05, 0.1) is 19.4 Å². The Hall–Kier alpha value is -2.36. The molecule has 0 spiro atoms. The third kappa shape index (κ3) is 4.05. The van der Waals surface area contributed by atoms with Crippen molar-refractivity contribution in [2.24, 2.45) is 0 Å². The Kier molecular flexibility index (Phi) is 5.32. The zero-order chi connectivity index (χ0) is 15.1. The van der Waals surface area contributed by atoms with E-state index in [9.17, 15) is 0 Å². The minimum absolute atomic E-state index is 0.659. The fraction of sp³-hybridized carbons (Fsp3) is 0.294. The number of rotatable bonds is 7. The van der Waals surface area contributed by atoms with Crippen LogP contribution in [-0.2, 0) is 6.54 Å². The molecule has 0 atom stereocenters. The molecule has 2 aromatic carbocycles. The number of benzene rings is 2. The van der Waals surface area contributed by atoms with Gasteiger partial charge >= 0.3 is 0 Å². The minimum Gasteiger partial charge on any atom is -0.496 e. The number of anilines is 2. The average molecular weight is 286 g/mol. The molecule has 0 unspecified atom stereocenters. The van der Waals surface area contributed by atoms with E-state index in [-0.39, 0.29) is 0 Å². The van der Waals surface area contributed by atoms with E-state index in [1.807, 2.05) is 42.5 Å². The molecular formula is C17H22N2O2. The lowest BCUT2D eigenvalue weighted by Gasteiger charge is -2.13. The molecule has 0 aliphatic rings. The number of hydrogen-bond acceptors (Lipinski definition) is 4. The van der Waals surface area contributed by atoms with Gasteiger partial charge in [-0.3, -0.25) is 0 Å². The van der Waals surface area contributed by atoms with Gasteiger partial charge in [0, 0.05) is 23.9 Å². The van der Waals surface area contributed by atoms with Crippen LogP contribution in [0.5, 0.6) is 11.5 Å². The number of nitrogens with two attached hydrogens (primary N) is 1. The number of hydrogen-bond donors (Lipinski definition) is 2. The molecular weight excluding hydrogens is 264 g/mol. The van der Waals surface area contributed by atoms with E-state index < -0.39 is 0 Å². The minimum atomic E-state index is 0.659. The van der Waals surface area contributed by atoms with Crippen molar-refractivity contribution in [2.45, 2.75) is 19.9 Å². The van der Waals surface area contributed by atoms with E-state index in [0.29, 0.717) is 18.8 Å². The molecule has 0 aliphatic carbocycles. The average Bonchev–Trinajstić information content (AvgIpc) is 2.53. The lowest BCUT2D eigenvalue weighted by molar-refractivity contribution is 0.319. The fourth-order valence-corrected chi connectivity index (χ4v) is 2.03. The highest BCUT2D eigenvalue weighted by Gasteiger charge is 2.04. The SMILES string of the molecule is CCCOc1cc(NCc2ccccc2OC)ccc1N. The molecule has 2 aromatic rings. The first-order valence-electron chi connectivity index (χ1n) is 7.12. The molecule has 112 valence electrons. The molecule has 4 nitrogen and oxygen atoms in total. The van der Waals surface area contributed by atoms with Gasteiger partial charge < -0.3 is 20.5 Å². The second-order valence-electron chi connectivity index (χ2n) is 4.77. The first-order chi connectivity index (χ1) is 10.2. The number of methoxy groups -OCH3 is 1. The van der Waals surface area contributed by atoms with Crippen LogP contribution >= 0.6 is 0 Å². The summed E-state index contributed by atoms with van der Waals surface area (Å²) in [6.45, 7) is 3.42. The molecule has 0 saturated carbocycles. The summed E-state index contributed by atoms with van der Waals surface area (Å²) in [6, 6.07) is 13.7. The Labute approximate surface area is 125 Å². The Bertz CT molecular complexity index is 585. The number of nitrogens with one attached hydrogen (secondary N) is 1. The normalized spacial score (nSPS) is 10.2. The monoisotopic (exact) mass is 286 g/mol. The van der Waals surface area contributed by atoms with Crippen LogP contribution in [0.2, 0.25) is 0 Å². The van der Waals surface area contributed by atoms with Gasteiger partial charge in [-0.1, -0.05) is 25.1 Å². The molecule has 4 heteroatoms. The van der Waals surface area contributed by atoms with Gasteiger partial charge in [-0.05, 0) is 24.6 Å². The quantitative estimate of drug-likeness (QED) is 0.762. The third-order valence-corrected chi connectivity index (χ3v) is 3.15. The smallest absolute Gasteiger partial charge is 0.144 e. The van der Waals surface area contributed by atoms with Crippen molar-refractivity contribution >= 4 is 11.4 Å². The summed E-state index contributed by atoms with van der Waals surface area (Å²) in [5.74, 6) is 1.60. The van der Waals surface area contributed by atoms with Crippen molar-refractivity contribution in [3.05, 3.63) is 48.0 Å². The van der Waals surface area contributed by atoms with Crippen LogP contribution in [0.3, 0.4) is 0 Å². The van der Waals surface area contributed by atoms with Crippen LogP contribution in [0.1, 0.15) is 18.9 Å². The Balaban J connectivity index is 2.06. The molecule has 3 N–H and O–H groups in total. The van der Waals surface area contributed by atoms with E-state index in [0.717, 1.165) is 29.2 Å². The van der Waals surface area contributed by atoms with Gasteiger partial charge in [0.15, 0.2) is 0 Å². The number of ether oxygens (including phenoxy) is 2. The molecule has 21 heavy (non-hydrogen) atoms. The summed E-state index contributed by atoms with van der Waals surface area (Å²) in [5, 5.41) is 3.36. The molecule has 0 aliphatic heterocycles. The predicted molar refractivity (Wildman–Crippen MR) is 87.0 cm³/mol. The van der Waals surface area contributed by atoms with Gasteiger partial charge in [0.2, 0.25) is 0 Å². The third-order valence-electron chi connectivity index (χ3n) is 3.15. The van der Waals surface area contributed by atoms with Crippen LogP contribution in [0.15, 0.2) is 42.5 Å². The summed E-state index contributed by atoms with van der Waals surface area (Å²) in [5.41, 5.74) is 8.65. The second-order valence-corrected chi connectivity index (χ2v) is 4.77. The van der Waals surface area contributed by atoms with Crippen LogP contribution in [0.25, 0.3) is 0 Å². The summed E-state index contributed by atoms with van der Waals surface area (Å²) in [7, 11) is 1.68. The Morgan fingerprint density at radius 3 is 2.67 bits per heavy atom. The van der Waals surface area contributed by atoms with Crippen LogP contribution in [-0.4, -0.2) is 13.7 Å². The van der Waals surface area contributed by atoms with Crippen molar-refractivity contribution < 1.29 is 9.47 Å². The van der Waals surface area contributed by atoms with Crippen molar-refractivity contribution in [3.8, 4) is 11.5 Å². The topological polar surface area (TPSA) is 56.5 Å². The van der Waals surface area contributed by atoms with Gasteiger partial charge in [-0.25, -0.2) is 0 Å². The molecule has 0 saturated heterocycles. The number of para-hydroxylation sites is 1. The summed E-state index contributed by atoms with van der Waals surface area (Å²) in [4.78, 5) is 0. The van der Waals surface area contributed by atoms with E-state index in [1.54, 1.807) is 7.11 Å². The molecule has 0 aromatic heterocycles. The largest absolute Gasteiger partial charge is 0.496 e. The highest BCUT2D eigenvalue weighted by atomic mass is 16.5. The molecule has 0 heterocycles. The van der Waals surface area contributed by atoms with Crippen molar-refractivity contribution in [3.63, 3.8) is 0 Å². The zero-order valence-corrected chi connectivity index (χ0v) is 12.6. The lowest BCUT2D eigenvalue weighted by atomic mass is 10.2. The van der Waals surface area contributed by atoms with Crippen LogP contribution < -0.4 is 20.5 Å². The van der Waals surface area contributed by atoms with E-state index in [2.05, 4.69) is 12.2 Å². The Morgan fingerprint density at radius 2 is 1.90 bits per heavy atom. The van der Waals surface area contributed by atoms with E-state index in [1.165, 1.54) is 0 Å². The summed E-state index contributed by atoms with van der Waals surface area (Å²) < 4.78 is 11.0. The van der Waals surface area contributed by atoms with E-state index in [4.69, 9.17) is 15.2 Å². The lowest BCUT2D eigenvalue weighted by Crippen LogP contribution is -2.03. The molecule has 0 bridgehead atoms. The molecule has 0 fully saturated rings. The highest BCUT2D eigenvalue weighted by Crippen LogP contribution is 2.26. The van der Waals surface area contributed by atoms with Crippen LogP contribution in [0.4, 0.5) is 11.4 Å². The molecule has 0 radical (unpaired) electrons. The van der Waals surface area contributed by atoms with Gasteiger partial charge in [-0.15, -0.1) is 0 Å². The predicted octanol–water partition coefficient (Wildman–Crippen LogP) is 3.68. The molecule has 2 rings (SSSR count). The molecule has 0 amide bonds. The van der Waals surface area contributed by atoms with Crippen molar-refractivity contribution in [1.29, 1.82) is 0 Å². The van der Waals surface area contributed by atoms with Gasteiger partial charge in [0.1, 0.15) is 11.5 Å². The standard InChI is InChI=1S/C17H22N2O2/c1-3-10-21-17-11-14(8-9-15(17)18)19-12-13-6-4-5-7-16(13)20-2/h4-9,11,19H,3,10,12,18H2,1-2H3. The summed E-state index contributed by atoms with van der Waals surface area (Å²) >= 11 is 0. The Morgan fingerprint density at radius 1 is 1.10 bits per heavy atom. The van der Waals surface area contributed by atoms with Crippen LogP contribution in [0, 0.1) is 0 Å². The number of nitrogen functional groups attached to an aromatic ring is 1. The van der Waals surface area contributed by atoms with Crippen molar-refractivity contribution in [2.75, 3.05) is 24.8 Å². The van der Waals surface area contributed by atoms with Gasteiger partial charge in [0.25, 0.3) is 0 Å². The maximum Gasteiger partial charge on any atom is 0.144 e.